The number of primary amides is 1. The Kier molecular flexibility index (Phi) is 29.5. The van der Waals surface area contributed by atoms with Crippen LogP contribution in [0.2, 0.25) is 0 Å². The van der Waals surface area contributed by atoms with Crippen molar-refractivity contribution in [3.05, 3.63) is 0 Å². The fourth-order valence-corrected chi connectivity index (χ4v) is 5.74. The van der Waals surface area contributed by atoms with Crippen LogP contribution in [0.5, 0.6) is 0 Å². The van der Waals surface area contributed by atoms with Crippen LogP contribution in [0.1, 0.15) is 44.9 Å². The molecule has 58 heavy (non-hydrogen) atoms. The molecule has 1 fully saturated rings. The molecule has 334 valence electrons. The van der Waals surface area contributed by atoms with Gasteiger partial charge in [-0.1, -0.05) is 0 Å². The highest BCUT2D eigenvalue weighted by Crippen LogP contribution is 2.04. The van der Waals surface area contributed by atoms with Crippen LogP contribution in [-0.4, -0.2) is 220 Å². The number of carbonyl (C=O) groups is 7. The smallest absolute Gasteiger partial charge is 0.317 e. The number of carbonyl (C=O) groups excluding carboxylic acids is 4. The molecule has 1 atom stereocenters. The minimum Gasteiger partial charge on any atom is -0.480 e. The second kappa shape index (κ2) is 32.9. The van der Waals surface area contributed by atoms with E-state index in [0.717, 1.165) is 6.42 Å². The number of nitrogens with two attached hydrogens (primary N) is 2. The van der Waals surface area contributed by atoms with E-state index in [-0.39, 0.29) is 103 Å². The van der Waals surface area contributed by atoms with Crippen LogP contribution in [0.3, 0.4) is 0 Å². The van der Waals surface area contributed by atoms with Gasteiger partial charge in [0, 0.05) is 91.5 Å². The van der Waals surface area contributed by atoms with Gasteiger partial charge in [-0.15, -0.1) is 0 Å². The number of nitrogens with zero attached hydrogens (tertiary/aromatic N) is 4. The van der Waals surface area contributed by atoms with Crippen LogP contribution < -0.4 is 27.4 Å². The van der Waals surface area contributed by atoms with Gasteiger partial charge in [0.1, 0.15) is 6.04 Å². The van der Waals surface area contributed by atoms with Gasteiger partial charge < -0.3 is 56.9 Å². The van der Waals surface area contributed by atoms with Crippen molar-refractivity contribution < 1.29 is 63.1 Å². The molecule has 1 heterocycles. The number of carboxylic acids is 3. The zero-order valence-corrected chi connectivity index (χ0v) is 33.7. The predicted molar refractivity (Wildman–Crippen MR) is 210 cm³/mol. The van der Waals surface area contributed by atoms with E-state index >= 15 is 0 Å². The fourth-order valence-electron chi connectivity index (χ4n) is 5.74. The van der Waals surface area contributed by atoms with Crippen molar-refractivity contribution in [2.24, 2.45) is 11.5 Å². The Labute approximate surface area is 340 Å². The molecule has 0 aromatic heterocycles. The molecule has 0 spiro atoms. The van der Waals surface area contributed by atoms with Gasteiger partial charge in [0.2, 0.25) is 23.6 Å². The average molecular weight is 834 g/mol. The molecule has 4 amide bonds. The molecule has 1 aliphatic rings. The second-order valence-electron chi connectivity index (χ2n) is 13.8. The lowest BCUT2D eigenvalue weighted by atomic mass is 10.1. The fraction of sp³-hybridized carbons (Fsp3) is 0.806. The van der Waals surface area contributed by atoms with E-state index in [1.165, 1.54) is 0 Å². The van der Waals surface area contributed by atoms with Gasteiger partial charge >= 0.3 is 17.9 Å². The molecule has 22 nitrogen and oxygen atoms in total. The molecule has 1 rings (SSSR count). The highest BCUT2D eigenvalue weighted by atomic mass is 16.5. The minimum absolute atomic E-state index is 0.0308. The number of rotatable bonds is 31. The quantitative estimate of drug-likeness (QED) is 0.0313. The molecule has 0 unspecified atom stereocenters. The Morgan fingerprint density at radius 1 is 0.517 bits per heavy atom. The zero-order chi connectivity index (χ0) is 43.0. The molecule has 0 saturated carbocycles. The minimum atomic E-state index is -1.04. The summed E-state index contributed by atoms with van der Waals surface area (Å²) in [5.41, 5.74) is 10.9. The summed E-state index contributed by atoms with van der Waals surface area (Å²) in [5.74, 6) is -4.96. The SMILES string of the molecule is NCCCOCCOCCOCCCNC(=O)CCC(=O)N[C@@H](CCCCNC(=O)CN1CCN(CC(=O)O)CCN(CC(=O)O)CCN(CC(=O)O)CC1)C(N)=O. The predicted octanol–water partition coefficient (Wildman–Crippen LogP) is -3.60. The Balaban J connectivity index is 2.41. The summed E-state index contributed by atoms with van der Waals surface area (Å²) in [6.07, 6.45) is 2.35. The molecule has 0 aromatic rings. The Morgan fingerprint density at radius 3 is 1.36 bits per heavy atom. The third-order valence-corrected chi connectivity index (χ3v) is 8.90. The molecular weight excluding hydrogens is 766 g/mol. The summed E-state index contributed by atoms with van der Waals surface area (Å²) in [7, 11) is 0. The largest absolute Gasteiger partial charge is 0.480 e. The van der Waals surface area contributed by atoms with E-state index in [4.69, 9.17) is 25.7 Å². The summed E-state index contributed by atoms with van der Waals surface area (Å²) < 4.78 is 16.2. The molecule has 0 aromatic carbocycles. The number of carboxylic acid groups (broad SMARTS) is 3. The first-order valence-corrected chi connectivity index (χ1v) is 19.9. The van der Waals surface area contributed by atoms with Crippen molar-refractivity contribution in [3.8, 4) is 0 Å². The number of hydrogen-bond acceptors (Lipinski definition) is 15. The van der Waals surface area contributed by atoms with Crippen molar-refractivity contribution in [2.75, 3.05) is 138 Å². The third kappa shape index (κ3) is 29.2. The van der Waals surface area contributed by atoms with E-state index in [2.05, 4.69) is 16.0 Å². The summed E-state index contributed by atoms with van der Waals surface area (Å²) in [5, 5.41) is 36.2. The van der Waals surface area contributed by atoms with Crippen LogP contribution in [0, 0.1) is 0 Å². The lowest BCUT2D eigenvalue weighted by Crippen LogP contribution is -2.49. The van der Waals surface area contributed by atoms with Crippen molar-refractivity contribution in [1.82, 2.24) is 35.6 Å². The lowest BCUT2D eigenvalue weighted by Gasteiger charge is -2.32. The Morgan fingerprint density at radius 2 is 0.914 bits per heavy atom. The standard InChI is InChI=1S/C36H67N9O13/c37-8-3-19-56-21-23-58-24-22-57-20-4-10-39-30(46)6-7-31(47)41-29(36(38)55)5-1-2-9-40-32(48)25-42-11-13-43(26-33(49)50)15-17-45(28-35(53)54)18-16-44(14-12-42)27-34(51)52/h29H,1-28,37H2,(H2,38,55)(H,39,46)(H,40,48)(H,41,47)(H,49,50)(H,51,52)(H,53,54)/t29-/m0/s1. The molecular formula is C36H67N9O13. The second-order valence-corrected chi connectivity index (χ2v) is 13.8. The Hall–Kier alpha value is -4.03. The molecule has 1 aliphatic heterocycles. The average Bonchev–Trinajstić information content (AvgIpc) is 3.15. The van der Waals surface area contributed by atoms with Crippen LogP contribution in [0.25, 0.3) is 0 Å². The van der Waals surface area contributed by atoms with E-state index in [9.17, 15) is 48.9 Å². The van der Waals surface area contributed by atoms with Crippen LogP contribution in [0.4, 0.5) is 0 Å². The van der Waals surface area contributed by atoms with E-state index in [1.807, 2.05) is 4.90 Å². The van der Waals surface area contributed by atoms with E-state index < -0.39 is 35.8 Å². The maximum absolute atomic E-state index is 12.9. The molecule has 0 bridgehead atoms. The summed E-state index contributed by atoms with van der Waals surface area (Å²) in [6, 6.07) is -0.947. The van der Waals surface area contributed by atoms with Gasteiger partial charge in [-0.3, -0.25) is 53.2 Å². The topological polar surface area (TPSA) is 309 Å². The zero-order valence-electron chi connectivity index (χ0n) is 33.7. The first-order chi connectivity index (χ1) is 27.8. The Bertz CT molecular complexity index is 1200. The first-order valence-electron chi connectivity index (χ1n) is 19.9. The molecule has 10 N–H and O–H groups in total. The normalized spacial score (nSPS) is 15.7. The number of unbranched alkanes of at least 4 members (excludes halogenated alkanes) is 1. The number of hydrogen-bond donors (Lipinski definition) is 8. The molecule has 0 radical (unpaired) electrons. The van der Waals surface area contributed by atoms with E-state index in [0.29, 0.717) is 85.1 Å². The van der Waals surface area contributed by atoms with Crippen molar-refractivity contribution in [3.63, 3.8) is 0 Å². The molecule has 22 heteroatoms. The summed E-state index contributed by atoms with van der Waals surface area (Å²) in [4.78, 5) is 90.7. The van der Waals surface area contributed by atoms with Gasteiger partial charge in [-0.05, 0) is 38.6 Å². The summed E-state index contributed by atoms with van der Waals surface area (Å²) in [6.45, 7) is 5.52. The van der Waals surface area contributed by atoms with Gasteiger partial charge in [0.05, 0.1) is 52.6 Å². The van der Waals surface area contributed by atoms with Gasteiger partial charge in [-0.2, -0.15) is 0 Å². The van der Waals surface area contributed by atoms with Crippen LogP contribution >= 0.6 is 0 Å². The number of ether oxygens (including phenoxy) is 3. The van der Waals surface area contributed by atoms with Crippen LogP contribution in [0.15, 0.2) is 0 Å². The number of amides is 4. The van der Waals surface area contributed by atoms with Gasteiger partial charge in [0.25, 0.3) is 0 Å². The molecule has 1 saturated heterocycles. The highest BCUT2D eigenvalue weighted by Gasteiger charge is 2.22. The maximum Gasteiger partial charge on any atom is 0.317 e. The summed E-state index contributed by atoms with van der Waals surface area (Å²) >= 11 is 0. The van der Waals surface area contributed by atoms with Gasteiger partial charge in [-0.25, -0.2) is 0 Å². The third-order valence-electron chi connectivity index (χ3n) is 8.90. The van der Waals surface area contributed by atoms with Crippen molar-refractivity contribution >= 4 is 41.5 Å². The molecule has 0 aliphatic carbocycles. The number of aliphatic carboxylic acids is 3. The lowest BCUT2D eigenvalue weighted by molar-refractivity contribution is -0.140. The van der Waals surface area contributed by atoms with E-state index in [1.54, 1.807) is 14.7 Å². The van der Waals surface area contributed by atoms with Crippen molar-refractivity contribution in [2.45, 2.75) is 51.0 Å². The number of nitrogens with one attached hydrogen (secondary N) is 3. The first kappa shape index (κ1) is 52.0. The highest BCUT2D eigenvalue weighted by molar-refractivity contribution is 5.88. The maximum atomic E-state index is 12.9. The van der Waals surface area contributed by atoms with Crippen molar-refractivity contribution in [1.29, 1.82) is 0 Å². The monoisotopic (exact) mass is 833 g/mol. The van der Waals surface area contributed by atoms with Gasteiger partial charge in [0.15, 0.2) is 0 Å². The van der Waals surface area contributed by atoms with Crippen LogP contribution in [-0.2, 0) is 47.8 Å².